The third-order valence-electron chi connectivity index (χ3n) is 1.36. The number of carbonyl (C=O) groups is 1. The molecule has 0 aliphatic heterocycles. The molecule has 82 valence electrons. The van der Waals surface area contributed by atoms with E-state index in [0.29, 0.717) is 0 Å². The summed E-state index contributed by atoms with van der Waals surface area (Å²) in [7, 11) is -2.16. The smallest absolute Gasteiger partial charge is 0.472 e. The third-order valence-corrected chi connectivity index (χ3v) is 2.29. The van der Waals surface area contributed by atoms with Crippen LogP contribution < -0.4 is 4.89 Å². The van der Waals surface area contributed by atoms with Crippen LogP contribution in [0.4, 0.5) is 0 Å². The van der Waals surface area contributed by atoms with Crippen LogP contribution in [0.5, 0.6) is 0 Å². The maximum absolute atomic E-state index is 11.2. The number of esters is 1. The average molecular weight is 224 g/mol. The minimum atomic E-state index is -3.22. The van der Waals surface area contributed by atoms with Crippen molar-refractivity contribution in [2.24, 2.45) is 0 Å². The van der Waals surface area contributed by atoms with E-state index in [1.54, 1.807) is 13.8 Å². The number of rotatable bonds is 6. The molecule has 0 spiro atoms. The lowest BCUT2D eigenvalue weighted by molar-refractivity contribution is -0.241. The number of hydrogen-bond donors (Lipinski definition) is 0. The zero-order valence-corrected chi connectivity index (χ0v) is 9.21. The predicted octanol–water partition coefficient (Wildman–Crippen LogP) is -0.0111. The van der Waals surface area contributed by atoms with Gasteiger partial charge in [-0.15, -0.1) is 0 Å². The zero-order valence-electron chi connectivity index (χ0n) is 8.31. The molecule has 0 aromatic carbocycles. The lowest BCUT2D eigenvalue weighted by atomic mass is 10.6. The van der Waals surface area contributed by atoms with Gasteiger partial charge in [-0.2, -0.15) is 0 Å². The molecule has 0 aliphatic rings. The fraction of sp³-hybridized carbons (Fsp3) is 0.857. The highest BCUT2D eigenvalue weighted by molar-refractivity contribution is 7.39. The number of ether oxygens (including phenoxy) is 3. The summed E-state index contributed by atoms with van der Waals surface area (Å²) in [6.07, 6.45) is 0. The van der Waals surface area contributed by atoms with Crippen molar-refractivity contribution >= 4 is 14.0 Å². The first-order valence-electron chi connectivity index (χ1n) is 4.06. The van der Waals surface area contributed by atoms with E-state index < -0.39 is 19.5 Å². The summed E-state index contributed by atoms with van der Waals surface area (Å²) in [5.74, 6) is -1.07. The Morgan fingerprint density at radius 2 is 1.79 bits per heavy atom. The molecule has 1 atom stereocenters. The maximum atomic E-state index is 11.2. The minimum Gasteiger partial charge on any atom is -0.591 e. The van der Waals surface area contributed by atoms with Gasteiger partial charge in [0.25, 0.3) is 0 Å². The van der Waals surface area contributed by atoms with Crippen LogP contribution in [-0.2, 0) is 23.6 Å². The Morgan fingerprint density at radius 1 is 1.36 bits per heavy atom. The summed E-state index contributed by atoms with van der Waals surface area (Å²) in [4.78, 5) is 22.1. The summed E-state index contributed by atoms with van der Waals surface area (Å²) >= 11 is 0. The van der Waals surface area contributed by atoms with Crippen molar-refractivity contribution < 1.29 is 28.5 Å². The molecule has 7 heteroatoms. The lowest BCUT2D eigenvalue weighted by Crippen LogP contribution is -2.44. The summed E-state index contributed by atoms with van der Waals surface area (Å²) in [6.45, 7) is 3.15. The molecule has 0 fully saturated rings. The quantitative estimate of drug-likeness (QED) is 0.358. The van der Waals surface area contributed by atoms with Gasteiger partial charge in [0.15, 0.2) is 0 Å². The van der Waals surface area contributed by atoms with Gasteiger partial charge in [-0.1, -0.05) is 4.57 Å². The van der Waals surface area contributed by atoms with Crippen LogP contribution >= 0.6 is 8.03 Å². The molecule has 0 saturated heterocycles. The van der Waals surface area contributed by atoms with Gasteiger partial charge in [0.05, 0.1) is 20.3 Å². The normalized spacial score (nSPS) is 12.4. The van der Waals surface area contributed by atoms with Crippen molar-refractivity contribution in [3.63, 3.8) is 0 Å². The van der Waals surface area contributed by atoms with Gasteiger partial charge in [-0.3, -0.25) is 0 Å². The first-order chi connectivity index (χ1) is 6.55. The van der Waals surface area contributed by atoms with E-state index >= 15 is 0 Å². The summed E-state index contributed by atoms with van der Waals surface area (Å²) in [6, 6.07) is 0. The predicted molar refractivity (Wildman–Crippen MR) is 45.6 cm³/mol. The second-order valence-corrected chi connectivity index (χ2v) is 3.30. The van der Waals surface area contributed by atoms with Gasteiger partial charge in [-0.05, 0) is 13.8 Å². The average Bonchev–Trinajstić information content (AvgIpc) is 2.15. The summed E-state index contributed by atoms with van der Waals surface area (Å²) in [5, 5.41) is 0. The van der Waals surface area contributed by atoms with Gasteiger partial charge in [-0.25, -0.2) is 4.79 Å². The Bertz CT molecular complexity index is 210. The third kappa shape index (κ3) is 2.72. The highest BCUT2D eigenvalue weighted by Gasteiger charge is 2.56. The van der Waals surface area contributed by atoms with Gasteiger partial charge < -0.3 is 19.1 Å². The van der Waals surface area contributed by atoms with Crippen LogP contribution in [0.2, 0.25) is 0 Å². The van der Waals surface area contributed by atoms with Crippen LogP contribution in [-0.4, -0.2) is 31.8 Å². The van der Waals surface area contributed by atoms with Crippen molar-refractivity contribution in [1.29, 1.82) is 0 Å². The number of hydrogen-bond acceptors (Lipinski definition) is 6. The van der Waals surface area contributed by atoms with E-state index in [1.807, 2.05) is 0 Å². The van der Waals surface area contributed by atoms with Gasteiger partial charge in [0, 0.05) is 0 Å². The molecule has 0 N–H and O–H groups in total. The molecule has 14 heavy (non-hydrogen) atoms. The Kier molecular flexibility index (Phi) is 5.79. The Hall–Kier alpha value is -0.550. The van der Waals surface area contributed by atoms with Crippen molar-refractivity contribution in [3.8, 4) is 0 Å². The topological polar surface area (TPSA) is 84.9 Å². The molecule has 0 radical (unpaired) electrons. The first-order valence-corrected chi connectivity index (χ1v) is 5.23. The molecular formula is C7H13O6P. The highest BCUT2D eigenvalue weighted by Crippen LogP contribution is 2.35. The van der Waals surface area contributed by atoms with E-state index in [0.717, 1.165) is 7.11 Å². The van der Waals surface area contributed by atoms with Gasteiger partial charge in [0.1, 0.15) is 0 Å². The van der Waals surface area contributed by atoms with E-state index in [9.17, 15) is 14.3 Å². The number of methoxy groups -OCH3 is 1. The van der Waals surface area contributed by atoms with Gasteiger partial charge in [0.2, 0.25) is 0 Å². The van der Waals surface area contributed by atoms with Crippen molar-refractivity contribution in [1.82, 2.24) is 0 Å². The molecule has 0 aromatic heterocycles. The van der Waals surface area contributed by atoms with E-state index in [-0.39, 0.29) is 13.2 Å². The van der Waals surface area contributed by atoms with Crippen LogP contribution in [0, 0.1) is 0 Å². The molecule has 0 saturated carbocycles. The standard InChI is InChI=1S/C7H13O6P/c1-4-12-7(13-5-2,14(9)10)6(8)11-3/h4-5H2,1-3H3. The summed E-state index contributed by atoms with van der Waals surface area (Å²) in [5.41, 5.74) is -2.30. The second kappa shape index (κ2) is 6.03. The van der Waals surface area contributed by atoms with E-state index in [2.05, 4.69) is 4.74 Å². The monoisotopic (exact) mass is 224 g/mol. The molecule has 1 unspecified atom stereocenters. The second-order valence-electron chi connectivity index (χ2n) is 2.20. The first kappa shape index (κ1) is 13.4. The maximum Gasteiger partial charge on any atom is 0.472 e. The van der Waals surface area contributed by atoms with Crippen LogP contribution in [0.1, 0.15) is 13.8 Å². The summed E-state index contributed by atoms with van der Waals surface area (Å²) < 4.78 is 24.8. The Balaban J connectivity index is 4.92. The molecular weight excluding hydrogens is 211 g/mol. The molecule has 0 heterocycles. The van der Waals surface area contributed by atoms with E-state index in [1.165, 1.54) is 0 Å². The molecule has 0 rings (SSSR count). The zero-order chi connectivity index (χ0) is 11.2. The van der Waals surface area contributed by atoms with Crippen molar-refractivity contribution in [2.75, 3.05) is 20.3 Å². The molecule has 0 amide bonds. The van der Waals surface area contributed by atoms with Crippen LogP contribution in [0.15, 0.2) is 0 Å². The molecule has 0 bridgehead atoms. The largest absolute Gasteiger partial charge is 0.591 e. The van der Waals surface area contributed by atoms with Crippen LogP contribution in [0.3, 0.4) is 0 Å². The lowest BCUT2D eigenvalue weighted by Gasteiger charge is -2.21. The molecule has 0 aromatic rings. The Morgan fingerprint density at radius 3 is 2.00 bits per heavy atom. The Labute approximate surface area is 83.0 Å². The van der Waals surface area contributed by atoms with Gasteiger partial charge >= 0.3 is 19.5 Å². The van der Waals surface area contributed by atoms with E-state index in [4.69, 9.17) is 9.47 Å². The molecule has 0 aliphatic carbocycles. The highest BCUT2D eigenvalue weighted by atomic mass is 31.1. The van der Waals surface area contributed by atoms with Crippen LogP contribution in [0.25, 0.3) is 0 Å². The molecule has 6 nitrogen and oxygen atoms in total. The van der Waals surface area contributed by atoms with Crippen molar-refractivity contribution in [2.45, 2.75) is 19.4 Å². The van der Waals surface area contributed by atoms with Crippen molar-refractivity contribution in [3.05, 3.63) is 0 Å². The SMILES string of the molecule is CCOC(OCC)(C(=O)OC)[P+](=O)[O-]. The fourth-order valence-electron chi connectivity index (χ4n) is 0.860. The minimum absolute atomic E-state index is 0.0262. The number of carbonyl (C=O) groups excluding carboxylic acids is 1. The fourth-order valence-corrected chi connectivity index (χ4v) is 1.57.